The maximum absolute atomic E-state index is 11.7. The highest BCUT2D eigenvalue weighted by Gasteiger charge is 2.40. The van der Waals surface area contributed by atoms with E-state index >= 15 is 0 Å². The summed E-state index contributed by atoms with van der Waals surface area (Å²) in [5, 5.41) is 20.1. The van der Waals surface area contributed by atoms with Gasteiger partial charge in [-0.3, -0.25) is 10.1 Å². The summed E-state index contributed by atoms with van der Waals surface area (Å²) in [5.74, 6) is 0.0529. The first-order valence-corrected chi connectivity index (χ1v) is 9.74. The summed E-state index contributed by atoms with van der Waals surface area (Å²) in [6.07, 6.45) is 4.84. The molecule has 0 bridgehead atoms. The van der Waals surface area contributed by atoms with Gasteiger partial charge in [-0.15, -0.1) is 0 Å². The fourth-order valence-electron chi connectivity index (χ4n) is 3.97. The van der Waals surface area contributed by atoms with Gasteiger partial charge in [0.1, 0.15) is 0 Å². The Kier molecular flexibility index (Phi) is 3.82. The summed E-state index contributed by atoms with van der Waals surface area (Å²) in [6, 6.07) is 11.2. The van der Waals surface area contributed by atoms with Crippen molar-refractivity contribution >= 4 is 21.4 Å². The number of sulfonamides is 1. The molecule has 3 atom stereocenters. The molecule has 0 spiro atoms. The second kappa shape index (κ2) is 5.93. The van der Waals surface area contributed by atoms with Crippen LogP contribution in [0.2, 0.25) is 0 Å². The number of nitrogens with zero attached hydrogens (tertiary/aromatic N) is 1. The Bertz CT molecular complexity index is 1030. The number of nitrogens with two attached hydrogens (primary N) is 1. The van der Waals surface area contributed by atoms with Crippen LogP contribution in [0, 0.1) is 16.0 Å². The van der Waals surface area contributed by atoms with Gasteiger partial charge >= 0.3 is 0 Å². The van der Waals surface area contributed by atoms with Gasteiger partial charge in [0, 0.05) is 17.7 Å². The van der Waals surface area contributed by atoms with Gasteiger partial charge in [-0.25, -0.2) is 13.6 Å². The first kappa shape index (κ1) is 16.7. The lowest BCUT2D eigenvalue weighted by atomic mass is 9.76. The van der Waals surface area contributed by atoms with Crippen LogP contribution in [-0.2, 0) is 10.0 Å². The number of allylic oxidation sites excluding steroid dienone is 2. The lowest BCUT2D eigenvalue weighted by molar-refractivity contribution is -0.385. The van der Waals surface area contributed by atoms with Crippen LogP contribution < -0.4 is 10.5 Å². The summed E-state index contributed by atoms with van der Waals surface area (Å²) in [5.41, 5.74) is 2.34. The zero-order valence-corrected chi connectivity index (χ0v) is 14.5. The quantitative estimate of drug-likeness (QED) is 0.489. The van der Waals surface area contributed by atoms with Crippen molar-refractivity contribution in [2.75, 3.05) is 5.32 Å². The number of hydrogen-bond acceptors (Lipinski definition) is 5. The lowest BCUT2D eigenvalue weighted by Gasteiger charge is -2.37. The van der Waals surface area contributed by atoms with Crippen molar-refractivity contribution in [3.8, 4) is 0 Å². The number of fused-ring (bicyclic) bond motifs is 3. The van der Waals surface area contributed by atoms with E-state index in [4.69, 9.17) is 5.14 Å². The first-order valence-electron chi connectivity index (χ1n) is 8.19. The van der Waals surface area contributed by atoms with E-state index in [9.17, 15) is 18.5 Å². The van der Waals surface area contributed by atoms with Gasteiger partial charge in [-0.05, 0) is 36.1 Å². The van der Waals surface area contributed by atoms with Crippen molar-refractivity contribution < 1.29 is 13.3 Å². The second-order valence-electron chi connectivity index (χ2n) is 6.59. The highest BCUT2D eigenvalue weighted by molar-refractivity contribution is 7.89. The Balaban J connectivity index is 1.83. The SMILES string of the molecule is NS(=O)(=O)c1ccc2c(c1)[C@H]1C=CC[C@H]1[C@@H](c1ccccc1[N+](=O)[O-])N2. The molecule has 26 heavy (non-hydrogen) atoms. The molecule has 0 amide bonds. The van der Waals surface area contributed by atoms with Crippen molar-refractivity contribution in [1.82, 2.24) is 0 Å². The van der Waals surface area contributed by atoms with Gasteiger partial charge in [0.05, 0.1) is 21.4 Å². The van der Waals surface area contributed by atoms with E-state index in [1.54, 1.807) is 30.3 Å². The molecular weight excluding hydrogens is 354 g/mol. The number of nitro groups is 1. The van der Waals surface area contributed by atoms with E-state index in [-0.39, 0.29) is 33.4 Å². The van der Waals surface area contributed by atoms with Crippen molar-refractivity contribution in [2.45, 2.75) is 23.3 Å². The Hall–Kier alpha value is -2.71. The number of nitrogens with one attached hydrogen (secondary N) is 1. The predicted molar refractivity (Wildman–Crippen MR) is 97.3 cm³/mol. The van der Waals surface area contributed by atoms with E-state index in [1.165, 1.54) is 12.1 Å². The molecule has 0 radical (unpaired) electrons. The van der Waals surface area contributed by atoms with Crippen molar-refractivity contribution in [1.29, 1.82) is 0 Å². The molecule has 2 aromatic rings. The number of primary sulfonamides is 1. The molecule has 4 rings (SSSR count). The van der Waals surface area contributed by atoms with E-state index in [2.05, 4.69) is 5.32 Å². The van der Waals surface area contributed by atoms with E-state index in [0.29, 0.717) is 5.56 Å². The van der Waals surface area contributed by atoms with Gasteiger partial charge in [0.2, 0.25) is 10.0 Å². The van der Waals surface area contributed by atoms with Crippen LogP contribution in [0.25, 0.3) is 0 Å². The van der Waals surface area contributed by atoms with Crippen LogP contribution in [0.15, 0.2) is 59.5 Å². The Morgan fingerprint density at radius 1 is 1.15 bits per heavy atom. The summed E-state index contributed by atoms with van der Waals surface area (Å²) in [4.78, 5) is 11.1. The van der Waals surface area contributed by atoms with Crippen LogP contribution in [0.4, 0.5) is 11.4 Å². The predicted octanol–water partition coefficient (Wildman–Crippen LogP) is 3.07. The molecule has 8 heteroatoms. The Labute approximate surface area is 150 Å². The topological polar surface area (TPSA) is 115 Å². The normalized spacial score (nSPS) is 23.8. The first-order chi connectivity index (χ1) is 12.4. The third-order valence-corrected chi connectivity index (χ3v) is 6.04. The van der Waals surface area contributed by atoms with Crippen molar-refractivity contribution in [3.05, 3.63) is 75.9 Å². The minimum atomic E-state index is -3.79. The number of hydrogen-bond donors (Lipinski definition) is 2. The van der Waals surface area contributed by atoms with E-state index in [1.807, 2.05) is 12.2 Å². The molecular formula is C18H17N3O4S. The van der Waals surface area contributed by atoms with Gasteiger partial charge in [-0.2, -0.15) is 0 Å². The van der Waals surface area contributed by atoms with Crippen LogP contribution in [0.1, 0.15) is 29.5 Å². The highest BCUT2D eigenvalue weighted by atomic mass is 32.2. The molecule has 1 aliphatic heterocycles. The maximum Gasteiger partial charge on any atom is 0.274 e. The molecule has 0 fully saturated rings. The van der Waals surface area contributed by atoms with Crippen molar-refractivity contribution in [2.24, 2.45) is 11.1 Å². The molecule has 1 heterocycles. The monoisotopic (exact) mass is 371 g/mol. The van der Waals surface area contributed by atoms with E-state index < -0.39 is 10.0 Å². The van der Waals surface area contributed by atoms with Crippen LogP contribution >= 0.6 is 0 Å². The third-order valence-electron chi connectivity index (χ3n) is 5.13. The summed E-state index contributed by atoms with van der Waals surface area (Å²) < 4.78 is 23.4. The third kappa shape index (κ3) is 2.67. The molecule has 2 aliphatic rings. The van der Waals surface area contributed by atoms with Gasteiger partial charge in [-0.1, -0.05) is 30.4 Å². The van der Waals surface area contributed by atoms with Gasteiger partial charge < -0.3 is 5.32 Å². The molecule has 0 saturated carbocycles. The molecule has 0 aromatic heterocycles. The molecule has 7 nitrogen and oxygen atoms in total. The molecule has 3 N–H and O–H groups in total. The van der Waals surface area contributed by atoms with Crippen LogP contribution in [-0.4, -0.2) is 13.3 Å². The number of nitro benzene ring substituents is 1. The number of rotatable bonds is 3. The fourth-order valence-corrected chi connectivity index (χ4v) is 4.52. The van der Waals surface area contributed by atoms with Gasteiger partial charge in [0.25, 0.3) is 5.69 Å². The Morgan fingerprint density at radius 2 is 1.92 bits per heavy atom. The van der Waals surface area contributed by atoms with Crippen molar-refractivity contribution in [3.63, 3.8) is 0 Å². The average Bonchev–Trinajstić information content (AvgIpc) is 3.09. The standard InChI is InChI=1S/C18H17N3O4S/c19-26(24,25)11-8-9-16-15(10-11)12-5-3-6-13(12)18(20-16)14-4-1-2-7-17(14)21(22)23/h1-5,7-10,12-13,18,20H,6H2,(H2,19,24,25)/t12-,13+,18-/m0/s1. The minimum absolute atomic E-state index is 0.0160. The fraction of sp³-hybridized carbons (Fsp3) is 0.222. The molecule has 2 aromatic carbocycles. The lowest BCUT2D eigenvalue weighted by Crippen LogP contribution is -2.30. The smallest absolute Gasteiger partial charge is 0.274 e. The summed E-state index contributed by atoms with van der Waals surface area (Å²) >= 11 is 0. The highest BCUT2D eigenvalue weighted by Crippen LogP contribution is 2.51. The molecule has 0 saturated heterocycles. The van der Waals surface area contributed by atoms with Crippen LogP contribution in [0.3, 0.4) is 0 Å². The molecule has 0 unspecified atom stereocenters. The summed E-state index contributed by atoms with van der Waals surface area (Å²) in [6.45, 7) is 0. The largest absolute Gasteiger partial charge is 0.377 e. The van der Waals surface area contributed by atoms with E-state index in [0.717, 1.165) is 17.7 Å². The maximum atomic E-state index is 11.7. The zero-order valence-electron chi connectivity index (χ0n) is 13.7. The zero-order chi connectivity index (χ0) is 18.5. The van der Waals surface area contributed by atoms with Gasteiger partial charge in [0.15, 0.2) is 0 Å². The molecule has 134 valence electrons. The second-order valence-corrected chi connectivity index (χ2v) is 8.15. The molecule has 1 aliphatic carbocycles. The number of benzene rings is 2. The summed E-state index contributed by atoms with van der Waals surface area (Å²) in [7, 11) is -3.79. The van der Waals surface area contributed by atoms with Crippen LogP contribution in [0.5, 0.6) is 0 Å². The minimum Gasteiger partial charge on any atom is -0.377 e. The average molecular weight is 371 g/mol. The Morgan fingerprint density at radius 3 is 2.65 bits per heavy atom. The number of para-hydroxylation sites is 1. The number of anilines is 1.